The molecule has 0 spiro atoms. The Kier molecular flexibility index (Phi) is 16.5. The Hall–Kier alpha value is -0.800. The summed E-state index contributed by atoms with van der Waals surface area (Å²) in [5.74, 6) is -0.166. The highest BCUT2D eigenvalue weighted by atomic mass is 19.1. The topological polar surface area (TPSA) is 78.1 Å². The number of carbonyl (C=O) groups excluding carboxylic acids is 1. The smallest absolute Gasteiger partial charge is 0.219 e. The van der Waals surface area contributed by atoms with Crippen LogP contribution in [0.3, 0.4) is 0 Å². The normalized spacial score (nSPS) is 13.7. The number of carbonyl (C=O) groups is 1. The minimum atomic E-state index is -1.23. The monoisotopic (exact) mass is 352 g/mol. The number of amides is 1. The Labute approximate surface area is 144 Å². The molecule has 0 aromatic rings. The number of ether oxygens (including phenoxy) is 4. The first kappa shape index (κ1) is 23.2. The molecule has 2 N–H and O–H groups in total. The summed E-state index contributed by atoms with van der Waals surface area (Å²) in [5.41, 5.74) is 0. The molecule has 0 saturated heterocycles. The Morgan fingerprint density at radius 1 is 1.00 bits per heavy atom. The zero-order valence-corrected chi connectivity index (χ0v) is 15.1. The lowest BCUT2D eigenvalue weighted by Gasteiger charge is -2.18. The van der Waals surface area contributed by atoms with Crippen LogP contribution in [-0.4, -0.2) is 84.6 Å². The second-order valence-corrected chi connectivity index (χ2v) is 5.19. The van der Waals surface area contributed by atoms with Gasteiger partial charge in [0.15, 0.2) is 0 Å². The van der Waals surface area contributed by atoms with Crippen molar-refractivity contribution in [3.63, 3.8) is 0 Å². The molecule has 0 saturated carbocycles. The van der Waals surface area contributed by atoms with Crippen molar-refractivity contribution < 1.29 is 28.1 Å². The maximum atomic E-state index is 13.7. The molecule has 0 aromatic heterocycles. The van der Waals surface area contributed by atoms with Gasteiger partial charge in [-0.25, -0.2) is 4.39 Å². The van der Waals surface area contributed by atoms with E-state index in [1.165, 1.54) is 0 Å². The van der Waals surface area contributed by atoms with Crippen molar-refractivity contribution in [3.8, 4) is 0 Å². The summed E-state index contributed by atoms with van der Waals surface area (Å²) < 4.78 is 35.0. The van der Waals surface area contributed by atoms with Gasteiger partial charge in [-0.3, -0.25) is 4.79 Å². The van der Waals surface area contributed by atoms with Crippen LogP contribution in [0, 0.1) is 0 Å². The summed E-state index contributed by atoms with van der Waals surface area (Å²) in [4.78, 5) is 11.1. The highest BCUT2D eigenvalue weighted by Crippen LogP contribution is 2.02. The highest BCUT2D eigenvalue weighted by Gasteiger charge is 2.17. The zero-order valence-electron chi connectivity index (χ0n) is 15.1. The zero-order chi connectivity index (χ0) is 18.0. The first-order valence-electron chi connectivity index (χ1n) is 8.52. The van der Waals surface area contributed by atoms with Gasteiger partial charge in [-0.15, -0.1) is 0 Å². The van der Waals surface area contributed by atoms with Crippen molar-refractivity contribution in [1.82, 2.24) is 10.6 Å². The van der Waals surface area contributed by atoms with Crippen molar-refractivity contribution in [2.24, 2.45) is 0 Å². The van der Waals surface area contributed by atoms with Crippen molar-refractivity contribution >= 4 is 5.91 Å². The summed E-state index contributed by atoms with van der Waals surface area (Å²) in [6, 6.07) is 0. The number of hydrogen-bond donors (Lipinski definition) is 2. The van der Waals surface area contributed by atoms with E-state index >= 15 is 0 Å². The van der Waals surface area contributed by atoms with Crippen molar-refractivity contribution in [2.75, 3.05) is 66.4 Å². The van der Waals surface area contributed by atoms with Crippen LogP contribution in [0.25, 0.3) is 0 Å². The number of nitrogens with one attached hydrogen (secondary N) is 2. The molecule has 144 valence electrons. The number of alkyl halides is 1. The molecule has 24 heavy (non-hydrogen) atoms. The van der Waals surface area contributed by atoms with E-state index in [4.69, 9.17) is 18.9 Å². The molecule has 0 fully saturated rings. The van der Waals surface area contributed by atoms with Gasteiger partial charge in [0.2, 0.25) is 5.91 Å². The molecule has 0 radical (unpaired) electrons. The summed E-state index contributed by atoms with van der Waals surface area (Å²) in [6.45, 7) is 7.55. The first-order chi connectivity index (χ1) is 11.6. The molecule has 7 nitrogen and oxygen atoms in total. The minimum Gasteiger partial charge on any atom is -0.378 e. The molecule has 0 aliphatic carbocycles. The predicted molar refractivity (Wildman–Crippen MR) is 90.0 cm³/mol. The van der Waals surface area contributed by atoms with Gasteiger partial charge in [-0.1, -0.05) is 6.92 Å². The van der Waals surface area contributed by atoms with Crippen LogP contribution in [0.1, 0.15) is 20.3 Å². The van der Waals surface area contributed by atoms with Gasteiger partial charge in [0.25, 0.3) is 0 Å². The van der Waals surface area contributed by atoms with Crippen LogP contribution in [0.15, 0.2) is 0 Å². The first-order valence-corrected chi connectivity index (χ1v) is 8.52. The fourth-order valence-electron chi connectivity index (χ4n) is 1.62. The molecule has 8 heteroatoms. The minimum absolute atomic E-state index is 0.0288. The largest absolute Gasteiger partial charge is 0.378 e. The molecule has 0 bridgehead atoms. The molecule has 0 aliphatic rings. The predicted octanol–water partition coefficient (Wildman–Crippen LogP) is 0.525. The Bertz CT molecular complexity index is 298. The second kappa shape index (κ2) is 17.0. The third-order valence-corrected chi connectivity index (χ3v) is 3.17. The van der Waals surface area contributed by atoms with Gasteiger partial charge in [0, 0.05) is 13.0 Å². The van der Waals surface area contributed by atoms with E-state index in [1.54, 1.807) is 13.8 Å². The number of halogens is 1. The average Bonchev–Trinajstić information content (AvgIpc) is 2.59. The van der Waals surface area contributed by atoms with Crippen LogP contribution in [0.2, 0.25) is 0 Å². The van der Waals surface area contributed by atoms with E-state index in [1.807, 2.05) is 7.05 Å². The van der Waals surface area contributed by atoms with Crippen LogP contribution in [0.5, 0.6) is 0 Å². The SMILES string of the molecule is CCC(=O)NCC(F)C(C)OCCOCCOCCOCCNC. The third kappa shape index (κ3) is 14.8. The molecular formula is C16H33FN2O5. The Morgan fingerprint density at radius 2 is 1.54 bits per heavy atom. The molecular weight excluding hydrogens is 319 g/mol. The maximum Gasteiger partial charge on any atom is 0.219 e. The van der Waals surface area contributed by atoms with Crippen molar-refractivity contribution in [3.05, 3.63) is 0 Å². The second-order valence-electron chi connectivity index (χ2n) is 5.19. The molecule has 2 atom stereocenters. The summed E-state index contributed by atoms with van der Waals surface area (Å²) in [6.07, 6.45) is -1.47. The lowest BCUT2D eigenvalue weighted by atomic mass is 10.2. The lowest BCUT2D eigenvalue weighted by Crippen LogP contribution is -2.36. The molecule has 0 heterocycles. The summed E-state index contributed by atoms with van der Waals surface area (Å²) in [5, 5.41) is 5.49. The molecule has 2 unspecified atom stereocenters. The van der Waals surface area contributed by atoms with Gasteiger partial charge >= 0.3 is 0 Å². The number of hydrogen-bond acceptors (Lipinski definition) is 6. The van der Waals surface area contributed by atoms with E-state index in [2.05, 4.69) is 10.6 Å². The van der Waals surface area contributed by atoms with Crippen LogP contribution >= 0.6 is 0 Å². The standard InChI is InChI=1S/C16H33FN2O5/c1-4-16(20)19-13-15(17)14(2)24-12-11-23-10-9-22-8-7-21-6-5-18-3/h14-15,18H,4-13H2,1-3H3,(H,19,20). The van der Waals surface area contributed by atoms with Crippen molar-refractivity contribution in [2.45, 2.75) is 32.5 Å². The fourth-order valence-corrected chi connectivity index (χ4v) is 1.62. The third-order valence-electron chi connectivity index (χ3n) is 3.17. The number of rotatable bonds is 17. The maximum absolute atomic E-state index is 13.7. The van der Waals surface area contributed by atoms with Crippen molar-refractivity contribution in [1.29, 1.82) is 0 Å². The lowest BCUT2D eigenvalue weighted by molar-refractivity contribution is -0.121. The van der Waals surface area contributed by atoms with Gasteiger partial charge < -0.3 is 29.6 Å². The van der Waals surface area contributed by atoms with Gasteiger partial charge in [-0.2, -0.15) is 0 Å². The Morgan fingerprint density at radius 3 is 2.08 bits per heavy atom. The van der Waals surface area contributed by atoms with Gasteiger partial charge in [-0.05, 0) is 14.0 Å². The number of likely N-dealkylation sites (N-methyl/N-ethyl adjacent to an activating group) is 1. The van der Waals surface area contributed by atoms with E-state index in [9.17, 15) is 9.18 Å². The van der Waals surface area contributed by atoms with Crippen LogP contribution in [0.4, 0.5) is 4.39 Å². The summed E-state index contributed by atoms with van der Waals surface area (Å²) in [7, 11) is 1.87. The highest BCUT2D eigenvalue weighted by molar-refractivity contribution is 5.75. The van der Waals surface area contributed by atoms with E-state index in [-0.39, 0.29) is 12.5 Å². The molecule has 0 aromatic carbocycles. The van der Waals surface area contributed by atoms with E-state index in [0.717, 1.165) is 6.54 Å². The van der Waals surface area contributed by atoms with Gasteiger partial charge in [0.1, 0.15) is 6.17 Å². The Balaban J connectivity index is 3.32. The molecule has 0 rings (SSSR count). The van der Waals surface area contributed by atoms with E-state index in [0.29, 0.717) is 52.7 Å². The van der Waals surface area contributed by atoms with Gasteiger partial charge in [0.05, 0.1) is 58.9 Å². The summed E-state index contributed by atoms with van der Waals surface area (Å²) >= 11 is 0. The average molecular weight is 352 g/mol. The van der Waals surface area contributed by atoms with Crippen LogP contribution < -0.4 is 10.6 Å². The van der Waals surface area contributed by atoms with Crippen LogP contribution in [-0.2, 0) is 23.7 Å². The molecule has 0 aliphatic heterocycles. The van der Waals surface area contributed by atoms with E-state index < -0.39 is 12.3 Å². The fraction of sp³-hybridized carbons (Fsp3) is 0.938. The molecule has 1 amide bonds. The quantitative estimate of drug-likeness (QED) is 0.372.